The number of anilines is 1. The van der Waals surface area contributed by atoms with E-state index in [1.165, 1.54) is 23.5 Å². The molecule has 0 aliphatic carbocycles. The van der Waals surface area contributed by atoms with Gasteiger partial charge in [0.2, 0.25) is 10.0 Å². The maximum Gasteiger partial charge on any atom is 0.241 e. The predicted molar refractivity (Wildman–Crippen MR) is 135 cm³/mol. The molecule has 0 aliphatic rings. The molecule has 1 aromatic heterocycles. The third-order valence-corrected chi connectivity index (χ3v) is 8.14. The molecule has 1 atom stereocenters. The largest absolute Gasteiger partial charge is 0.375 e. The lowest BCUT2D eigenvalue weighted by Gasteiger charge is -2.21. The van der Waals surface area contributed by atoms with E-state index >= 15 is 0 Å². The van der Waals surface area contributed by atoms with Crippen LogP contribution in [0.25, 0.3) is 21.3 Å². The summed E-state index contributed by atoms with van der Waals surface area (Å²) in [6.45, 7) is 2.67. The molecule has 0 saturated heterocycles. The van der Waals surface area contributed by atoms with Crippen LogP contribution in [0.15, 0.2) is 45.3 Å². The Balaban J connectivity index is 2.38. The number of hydrogen-bond acceptors (Lipinski definition) is 12. The summed E-state index contributed by atoms with van der Waals surface area (Å²) in [6.07, 6.45) is 0. The van der Waals surface area contributed by atoms with Gasteiger partial charge in [-0.25, -0.2) is 27.8 Å². The number of hydrogen-bond donors (Lipinski definition) is 7. The summed E-state index contributed by atoms with van der Waals surface area (Å²) in [5, 5.41) is 11.8. The van der Waals surface area contributed by atoms with Crippen LogP contribution in [0.1, 0.15) is 19.4 Å². The van der Waals surface area contributed by atoms with Crippen molar-refractivity contribution in [2.75, 3.05) is 19.0 Å². The number of aromatic nitrogens is 1. The first-order valence-electron chi connectivity index (χ1n) is 9.97. The van der Waals surface area contributed by atoms with E-state index in [0.717, 1.165) is 4.70 Å². The Labute approximate surface area is 208 Å². The highest BCUT2D eigenvalue weighted by atomic mass is 32.2. The summed E-state index contributed by atoms with van der Waals surface area (Å²) in [4.78, 5) is 3.59. The molecular formula is C19H25N9O4S3. The Hall–Kier alpha value is -2.86. The van der Waals surface area contributed by atoms with Gasteiger partial charge in [0.15, 0.2) is 16.2 Å². The van der Waals surface area contributed by atoms with Crippen LogP contribution >= 0.6 is 11.3 Å². The fourth-order valence-corrected chi connectivity index (χ4v) is 6.65. The van der Waals surface area contributed by atoms with Gasteiger partial charge in [0.1, 0.15) is 17.5 Å². The highest BCUT2D eigenvalue weighted by Crippen LogP contribution is 2.38. The second kappa shape index (κ2) is 10.4. The normalized spacial score (nSPS) is 13.0. The summed E-state index contributed by atoms with van der Waals surface area (Å²) in [6, 6.07) is 7.95. The summed E-state index contributed by atoms with van der Waals surface area (Å²) in [5.74, 6) is -0.490. The quantitative estimate of drug-likeness (QED) is 0.0646. The van der Waals surface area contributed by atoms with Gasteiger partial charge in [-0.05, 0) is 31.5 Å². The molecular weight excluding hydrogens is 514 g/mol. The number of para-hydroxylation sites is 1. The van der Waals surface area contributed by atoms with E-state index in [1.807, 2.05) is 6.07 Å². The molecule has 35 heavy (non-hydrogen) atoms. The molecule has 188 valence electrons. The number of nitrogens with one attached hydrogen (secondary N) is 4. The second-order valence-electron chi connectivity index (χ2n) is 7.95. The first-order valence-corrected chi connectivity index (χ1v) is 13.3. The summed E-state index contributed by atoms with van der Waals surface area (Å²) in [5.41, 5.74) is 26.8. The SMILES string of the molecule is CC(C)(N)CNS(=O)(=O)c1ccc(-c2cccc3sc(N)nc23)c(C(=N)NN=N)c1S(=O)OCN. The number of fused-ring (bicyclic) bond motifs is 1. The molecule has 13 nitrogen and oxygen atoms in total. The number of nitrogen functional groups attached to an aromatic ring is 1. The van der Waals surface area contributed by atoms with Gasteiger partial charge in [-0.1, -0.05) is 34.8 Å². The predicted octanol–water partition coefficient (Wildman–Crippen LogP) is 1.38. The average Bonchev–Trinajstić information content (AvgIpc) is 3.17. The molecule has 0 bridgehead atoms. The Bertz CT molecular complexity index is 1410. The molecule has 1 unspecified atom stereocenters. The lowest BCUT2D eigenvalue weighted by molar-refractivity contribution is 0.359. The Morgan fingerprint density at radius 1 is 1.29 bits per heavy atom. The van der Waals surface area contributed by atoms with Gasteiger partial charge in [0.25, 0.3) is 0 Å². The van der Waals surface area contributed by atoms with Crippen molar-refractivity contribution in [3.05, 3.63) is 35.9 Å². The van der Waals surface area contributed by atoms with Crippen molar-refractivity contribution >= 4 is 53.6 Å². The van der Waals surface area contributed by atoms with Crippen molar-refractivity contribution in [3.8, 4) is 11.1 Å². The zero-order valence-electron chi connectivity index (χ0n) is 18.8. The van der Waals surface area contributed by atoms with E-state index in [1.54, 1.807) is 26.0 Å². The molecule has 0 fully saturated rings. The van der Waals surface area contributed by atoms with Crippen molar-refractivity contribution in [2.24, 2.45) is 16.7 Å². The second-order valence-corrected chi connectivity index (χ2v) is 11.9. The van der Waals surface area contributed by atoms with E-state index in [4.69, 9.17) is 32.3 Å². The maximum absolute atomic E-state index is 13.2. The van der Waals surface area contributed by atoms with E-state index in [9.17, 15) is 12.6 Å². The standard InChI is InChI=1S/C19H25N9O4S3/c1-19(2,23)8-25-35(30,31)13-7-6-10(11-4-3-5-12-15(11)26-18(22)33-12)14(17(21)27-28-24)16(13)34(29)32-9-20/h3-7,25H,8-9,20,23H2,1-2H3,(H2,22,26)(H3,21,24,27). The third kappa shape index (κ3) is 5.87. The molecule has 0 amide bonds. The van der Waals surface area contributed by atoms with Gasteiger partial charge in [-0.2, -0.15) is 5.53 Å². The Morgan fingerprint density at radius 3 is 2.63 bits per heavy atom. The minimum Gasteiger partial charge on any atom is -0.375 e. The minimum atomic E-state index is -4.28. The molecule has 1 heterocycles. The van der Waals surface area contributed by atoms with Crippen molar-refractivity contribution < 1.29 is 16.8 Å². The molecule has 3 rings (SSSR count). The van der Waals surface area contributed by atoms with Crippen LogP contribution in [0.5, 0.6) is 0 Å². The van der Waals surface area contributed by atoms with Gasteiger partial charge >= 0.3 is 0 Å². The number of thiazole rings is 1. The van der Waals surface area contributed by atoms with E-state index in [-0.39, 0.29) is 17.0 Å². The number of amidine groups is 1. The molecule has 2 aromatic carbocycles. The highest BCUT2D eigenvalue weighted by Gasteiger charge is 2.31. The van der Waals surface area contributed by atoms with E-state index in [2.05, 4.69) is 20.4 Å². The molecule has 0 aliphatic heterocycles. The van der Waals surface area contributed by atoms with Crippen LogP contribution in [0.4, 0.5) is 5.13 Å². The van der Waals surface area contributed by atoms with Crippen LogP contribution in [0.3, 0.4) is 0 Å². The van der Waals surface area contributed by atoms with Crippen molar-refractivity contribution in [1.29, 1.82) is 10.9 Å². The number of nitrogens with zero attached hydrogens (tertiary/aromatic N) is 2. The Morgan fingerprint density at radius 2 is 2.00 bits per heavy atom. The Kier molecular flexibility index (Phi) is 7.95. The van der Waals surface area contributed by atoms with Crippen LogP contribution in [0.2, 0.25) is 0 Å². The van der Waals surface area contributed by atoms with Crippen LogP contribution in [-0.4, -0.2) is 42.3 Å². The lowest BCUT2D eigenvalue weighted by Crippen LogP contribution is -2.45. The monoisotopic (exact) mass is 539 g/mol. The maximum atomic E-state index is 13.2. The van der Waals surface area contributed by atoms with Gasteiger partial charge in [-0.3, -0.25) is 9.59 Å². The number of nitrogens with two attached hydrogens (primary N) is 3. The van der Waals surface area contributed by atoms with Crippen LogP contribution in [-0.2, 0) is 25.3 Å². The first-order chi connectivity index (χ1) is 16.4. The zero-order chi connectivity index (χ0) is 26.0. The summed E-state index contributed by atoms with van der Waals surface area (Å²) >= 11 is -1.17. The van der Waals surface area contributed by atoms with Crippen LogP contribution in [0, 0.1) is 10.9 Å². The zero-order valence-corrected chi connectivity index (χ0v) is 21.2. The first kappa shape index (κ1) is 26.7. The van der Waals surface area contributed by atoms with Gasteiger partial charge in [-0.15, -0.1) is 0 Å². The number of rotatable bonds is 10. The van der Waals surface area contributed by atoms with Crippen LogP contribution < -0.4 is 27.3 Å². The fourth-order valence-electron chi connectivity index (χ4n) is 3.19. The third-order valence-electron chi connectivity index (χ3n) is 4.61. The molecule has 10 N–H and O–H groups in total. The highest BCUT2D eigenvalue weighted by molar-refractivity contribution is 7.90. The van der Waals surface area contributed by atoms with Gasteiger partial charge in [0, 0.05) is 23.2 Å². The van der Waals surface area contributed by atoms with E-state index in [0.29, 0.717) is 21.8 Å². The molecule has 3 aromatic rings. The van der Waals surface area contributed by atoms with Crippen molar-refractivity contribution in [1.82, 2.24) is 15.1 Å². The topological polar surface area (TPSA) is 236 Å². The molecule has 0 saturated carbocycles. The lowest BCUT2D eigenvalue weighted by atomic mass is 9.98. The minimum absolute atomic E-state index is 0.120. The molecule has 16 heteroatoms. The fraction of sp³-hybridized carbons (Fsp3) is 0.263. The summed E-state index contributed by atoms with van der Waals surface area (Å²) < 4.78 is 47.8. The van der Waals surface area contributed by atoms with E-state index < -0.39 is 44.1 Å². The van der Waals surface area contributed by atoms with Gasteiger partial charge in [0.05, 0.1) is 15.1 Å². The number of benzene rings is 2. The molecule has 0 radical (unpaired) electrons. The van der Waals surface area contributed by atoms with Crippen molar-refractivity contribution in [2.45, 2.75) is 29.2 Å². The summed E-state index contributed by atoms with van der Waals surface area (Å²) in [7, 11) is -4.28. The van der Waals surface area contributed by atoms with Gasteiger partial charge < -0.3 is 17.2 Å². The number of sulfonamides is 1. The average molecular weight is 540 g/mol. The smallest absolute Gasteiger partial charge is 0.241 e. The molecule has 0 spiro atoms. The van der Waals surface area contributed by atoms with Crippen molar-refractivity contribution in [3.63, 3.8) is 0 Å².